The van der Waals surface area contributed by atoms with Crippen molar-refractivity contribution in [2.75, 3.05) is 13.2 Å². The minimum absolute atomic E-state index is 0.111. The van der Waals surface area contributed by atoms with Gasteiger partial charge in [-0.2, -0.15) is 0 Å². The van der Waals surface area contributed by atoms with Crippen molar-refractivity contribution in [1.82, 2.24) is 0 Å². The second-order valence-electron chi connectivity index (χ2n) is 15.3. The number of hydrogen-bond acceptors (Lipinski definition) is 6. The van der Waals surface area contributed by atoms with Crippen molar-refractivity contribution in [2.24, 2.45) is 0 Å². The summed E-state index contributed by atoms with van der Waals surface area (Å²) in [5.41, 5.74) is 0. The lowest BCUT2D eigenvalue weighted by Crippen LogP contribution is -2.30. The van der Waals surface area contributed by atoms with Gasteiger partial charge in [0.2, 0.25) is 0 Å². The number of rotatable bonds is 41. The summed E-state index contributed by atoms with van der Waals surface area (Å²) >= 11 is 0. The van der Waals surface area contributed by atoms with Gasteiger partial charge in [0.25, 0.3) is 0 Å². The van der Waals surface area contributed by atoms with Gasteiger partial charge in [-0.05, 0) is 83.5 Å². The van der Waals surface area contributed by atoms with Gasteiger partial charge >= 0.3 is 17.9 Å². The van der Waals surface area contributed by atoms with Crippen LogP contribution in [0.4, 0.5) is 0 Å². The van der Waals surface area contributed by atoms with Gasteiger partial charge in [0.05, 0.1) is 0 Å². The zero-order valence-corrected chi connectivity index (χ0v) is 37.5. The number of carbonyl (C=O) groups excluding carboxylic acids is 3. The van der Waals surface area contributed by atoms with Gasteiger partial charge in [0.15, 0.2) is 6.10 Å². The highest BCUT2D eigenvalue weighted by atomic mass is 16.6. The van der Waals surface area contributed by atoms with Gasteiger partial charge in [-0.1, -0.05) is 189 Å². The van der Waals surface area contributed by atoms with Crippen molar-refractivity contribution in [1.29, 1.82) is 0 Å². The lowest BCUT2D eigenvalue weighted by atomic mass is 10.1. The normalized spacial score (nSPS) is 12.8. The molecule has 0 aromatic heterocycles. The van der Waals surface area contributed by atoms with E-state index in [0.29, 0.717) is 19.3 Å². The van der Waals surface area contributed by atoms with Crippen LogP contribution >= 0.6 is 0 Å². The third kappa shape index (κ3) is 43.7. The molecule has 0 heterocycles. The van der Waals surface area contributed by atoms with Crippen LogP contribution in [0.15, 0.2) is 85.1 Å². The second-order valence-corrected chi connectivity index (χ2v) is 15.3. The SMILES string of the molecule is CC/C=C\C/C=C\C/C=C\C/C=C\CCC(=O)OC(COC(=O)CCCCCCCC)COC(=O)CCCCCCCC/C=C\C/C=C\C/C=C\CCCCCCC. The Hall–Kier alpha value is -3.41. The molecule has 58 heavy (non-hydrogen) atoms. The topological polar surface area (TPSA) is 78.9 Å². The molecule has 6 heteroatoms. The molecular formula is C52H86O6. The van der Waals surface area contributed by atoms with Crippen LogP contribution in [-0.2, 0) is 28.6 Å². The van der Waals surface area contributed by atoms with E-state index >= 15 is 0 Å². The van der Waals surface area contributed by atoms with Crippen LogP contribution < -0.4 is 0 Å². The average molecular weight is 807 g/mol. The lowest BCUT2D eigenvalue weighted by molar-refractivity contribution is -0.166. The highest BCUT2D eigenvalue weighted by Crippen LogP contribution is 2.12. The van der Waals surface area contributed by atoms with Gasteiger partial charge in [0, 0.05) is 19.3 Å². The fourth-order valence-electron chi connectivity index (χ4n) is 6.11. The number of ether oxygens (including phenoxy) is 3. The second kappa shape index (κ2) is 46.3. The van der Waals surface area contributed by atoms with Crippen molar-refractivity contribution < 1.29 is 28.6 Å². The molecule has 6 nitrogen and oxygen atoms in total. The number of hydrogen-bond donors (Lipinski definition) is 0. The van der Waals surface area contributed by atoms with Crippen molar-refractivity contribution in [3.63, 3.8) is 0 Å². The van der Waals surface area contributed by atoms with E-state index in [1.54, 1.807) is 0 Å². The summed E-state index contributed by atoms with van der Waals surface area (Å²) in [6.45, 7) is 6.35. The fourth-order valence-corrected chi connectivity index (χ4v) is 6.11. The van der Waals surface area contributed by atoms with E-state index in [4.69, 9.17) is 14.2 Å². The molecule has 0 aromatic rings. The van der Waals surface area contributed by atoms with E-state index in [-0.39, 0.29) is 31.6 Å². The molecule has 0 bridgehead atoms. The van der Waals surface area contributed by atoms with Crippen LogP contribution in [0, 0.1) is 0 Å². The third-order valence-electron chi connectivity index (χ3n) is 9.65. The Bertz CT molecular complexity index is 1160. The Labute approximate surface area is 356 Å². The highest BCUT2D eigenvalue weighted by Gasteiger charge is 2.19. The molecule has 0 amide bonds. The van der Waals surface area contributed by atoms with E-state index in [9.17, 15) is 14.4 Å². The van der Waals surface area contributed by atoms with Crippen LogP contribution in [0.5, 0.6) is 0 Å². The zero-order chi connectivity index (χ0) is 42.3. The van der Waals surface area contributed by atoms with Crippen molar-refractivity contribution in [3.8, 4) is 0 Å². The summed E-state index contributed by atoms with van der Waals surface area (Å²) in [5.74, 6) is -1.02. The molecule has 0 fully saturated rings. The summed E-state index contributed by atoms with van der Waals surface area (Å²) in [6.07, 6.45) is 58.9. The summed E-state index contributed by atoms with van der Waals surface area (Å²) in [5, 5.41) is 0. The van der Waals surface area contributed by atoms with Crippen LogP contribution in [-0.4, -0.2) is 37.2 Å². The zero-order valence-electron chi connectivity index (χ0n) is 37.5. The molecule has 0 saturated carbocycles. The minimum Gasteiger partial charge on any atom is -0.462 e. The molecule has 1 unspecified atom stereocenters. The molecule has 0 rings (SSSR count). The molecule has 0 saturated heterocycles. The summed E-state index contributed by atoms with van der Waals surface area (Å²) in [7, 11) is 0. The Morgan fingerprint density at radius 2 is 0.707 bits per heavy atom. The van der Waals surface area contributed by atoms with Crippen molar-refractivity contribution in [3.05, 3.63) is 85.1 Å². The van der Waals surface area contributed by atoms with E-state index in [2.05, 4.69) is 93.7 Å². The number of allylic oxidation sites excluding steroid dienone is 14. The molecule has 330 valence electrons. The summed E-state index contributed by atoms with van der Waals surface area (Å²) in [6, 6.07) is 0. The van der Waals surface area contributed by atoms with E-state index in [1.165, 1.54) is 70.6 Å². The first-order valence-corrected chi connectivity index (χ1v) is 23.6. The smallest absolute Gasteiger partial charge is 0.306 e. The Morgan fingerprint density at radius 1 is 0.362 bits per heavy atom. The maximum atomic E-state index is 12.6. The number of carbonyl (C=O) groups is 3. The molecule has 0 aromatic carbocycles. The molecule has 1 atom stereocenters. The van der Waals surface area contributed by atoms with Gasteiger partial charge < -0.3 is 14.2 Å². The van der Waals surface area contributed by atoms with Gasteiger partial charge in [-0.15, -0.1) is 0 Å². The standard InChI is InChI=1S/C52H86O6/c1-4-7-10-13-16-18-20-22-23-24-25-26-27-28-29-31-32-34-36-39-42-45-51(54)57-48-49(47-56-50(53)44-41-38-15-12-9-6-3)58-52(55)46-43-40-37-35-33-30-21-19-17-14-11-8-5-2/h8,11,17,19-20,22,24-25,27-28,30,33,37,40,49H,4-7,9-10,12-16,18,21,23,26,29,31-32,34-36,38-39,41-48H2,1-3H3/b11-8-,19-17-,22-20-,25-24-,28-27-,33-30-,40-37-. The molecular weight excluding hydrogens is 721 g/mol. The number of unbranched alkanes of at least 4 members (excludes halogenated alkanes) is 16. The predicted octanol–water partition coefficient (Wildman–Crippen LogP) is 15.3. The summed E-state index contributed by atoms with van der Waals surface area (Å²) < 4.78 is 16.6. The highest BCUT2D eigenvalue weighted by molar-refractivity contribution is 5.71. The van der Waals surface area contributed by atoms with Crippen LogP contribution in [0.2, 0.25) is 0 Å². The first-order valence-electron chi connectivity index (χ1n) is 23.6. The first-order chi connectivity index (χ1) is 28.5. The average Bonchev–Trinajstić information content (AvgIpc) is 3.22. The molecule has 0 aliphatic rings. The number of esters is 3. The molecule has 0 radical (unpaired) electrons. The Morgan fingerprint density at radius 3 is 1.12 bits per heavy atom. The lowest BCUT2D eigenvalue weighted by Gasteiger charge is -2.18. The monoisotopic (exact) mass is 807 g/mol. The molecule has 0 spiro atoms. The predicted molar refractivity (Wildman–Crippen MR) is 247 cm³/mol. The van der Waals surface area contributed by atoms with E-state index < -0.39 is 12.1 Å². The Kier molecular flexibility index (Phi) is 43.6. The first kappa shape index (κ1) is 54.6. The summed E-state index contributed by atoms with van der Waals surface area (Å²) in [4.78, 5) is 37.5. The molecule has 0 aliphatic carbocycles. The van der Waals surface area contributed by atoms with Gasteiger partial charge in [-0.25, -0.2) is 0 Å². The molecule has 0 N–H and O–H groups in total. The fraction of sp³-hybridized carbons (Fsp3) is 0.673. The van der Waals surface area contributed by atoms with Crippen LogP contribution in [0.3, 0.4) is 0 Å². The van der Waals surface area contributed by atoms with Gasteiger partial charge in [0.1, 0.15) is 13.2 Å². The van der Waals surface area contributed by atoms with E-state index in [1.807, 2.05) is 12.2 Å². The largest absolute Gasteiger partial charge is 0.462 e. The Balaban J connectivity index is 4.33. The van der Waals surface area contributed by atoms with Crippen molar-refractivity contribution >= 4 is 17.9 Å². The van der Waals surface area contributed by atoms with E-state index in [0.717, 1.165) is 89.9 Å². The minimum atomic E-state index is -0.815. The molecule has 0 aliphatic heterocycles. The maximum Gasteiger partial charge on any atom is 0.306 e. The van der Waals surface area contributed by atoms with Crippen LogP contribution in [0.25, 0.3) is 0 Å². The van der Waals surface area contributed by atoms with Crippen LogP contribution in [0.1, 0.15) is 207 Å². The third-order valence-corrected chi connectivity index (χ3v) is 9.65. The maximum absolute atomic E-state index is 12.6. The van der Waals surface area contributed by atoms with Gasteiger partial charge in [-0.3, -0.25) is 14.4 Å². The quantitative estimate of drug-likeness (QED) is 0.0265. The van der Waals surface area contributed by atoms with Crippen molar-refractivity contribution in [2.45, 2.75) is 213 Å².